The zero-order valence-corrected chi connectivity index (χ0v) is 13.9. The van der Waals surface area contributed by atoms with Crippen molar-refractivity contribution in [3.8, 4) is 0 Å². The summed E-state index contributed by atoms with van der Waals surface area (Å²) in [6.07, 6.45) is 1.53. The molecule has 8 heteroatoms. The van der Waals surface area contributed by atoms with Gasteiger partial charge in [-0.15, -0.1) is 0 Å². The van der Waals surface area contributed by atoms with Gasteiger partial charge in [0.1, 0.15) is 11.8 Å². The highest BCUT2D eigenvalue weighted by Gasteiger charge is 2.12. The highest BCUT2D eigenvalue weighted by atomic mass is 16.5. The number of aromatic nitrogens is 4. The van der Waals surface area contributed by atoms with E-state index in [9.17, 15) is 0 Å². The van der Waals surface area contributed by atoms with E-state index in [2.05, 4.69) is 35.5 Å². The fraction of sp³-hybridized carbons (Fsp3) is 0.353. The van der Waals surface area contributed by atoms with E-state index in [0.29, 0.717) is 11.6 Å². The summed E-state index contributed by atoms with van der Waals surface area (Å²) in [6.45, 7) is 5.36. The van der Waals surface area contributed by atoms with E-state index < -0.39 is 0 Å². The fourth-order valence-corrected chi connectivity index (χ4v) is 2.84. The predicted molar refractivity (Wildman–Crippen MR) is 97.2 cm³/mol. The third kappa shape index (κ3) is 3.86. The lowest BCUT2D eigenvalue weighted by atomic mass is 10.3. The van der Waals surface area contributed by atoms with Crippen molar-refractivity contribution in [3.63, 3.8) is 0 Å². The van der Waals surface area contributed by atoms with E-state index in [1.165, 1.54) is 6.33 Å². The first-order chi connectivity index (χ1) is 12.4. The minimum Gasteiger partial charge on any atom is -0.379 e. The minimum atomic E-state index is 0.641. The molecular formula is C17H21N7O. The van der Waals surface area contributed by atoms with Crippen molar-refractivity contribution in [2.24, 2.45) is 0 Å². The molecule has 0 radical (unpaired) electrons. The molecule has 3 heterocycles. The summed E-state index contributed by atoms with van der Waals surface area (Å²) in [5.41, 5.74) is 2.42. The van der Waals surface area contributed by atoms with Crippen LogP contribution in [0.1, 0.15) is 0 Å². The van der Waals surface area contributed by atoms with E-state index in [1.807, 2.05) is 30.3 Å². The number of para-hydroxylation sites is 1. The number of nitrogens with zero attached hydrogens (tertiary/aromatic N) is 4. The Morgan fingerprint density at radius 1 is 1.12 bits per heavy atom. The molecule has 8 nitrogen and oxygen atoms in total. The number of fused-ring (bicyclic) bond motifs is 1. The standard InChI is InChI=1S/C17H21N7O/c1-2-4-13(5-3-1)21-17-22-14-15(19-12-20-16(14)23-17)18-6-7-24-8-10-25-11-9-24/h1-5,12H,6-11H2,(H3,18,19,20,21,22,23). The number of nitrogens with one attached hydrogen (secondary N) is 3. The largest absolute Gasteiger partial charge is 0.379 e. The Hall–Kier alpha value is -2.71. The van der Waals surface area contributed by atoms with Crippen LogP contribution in [0.2, 0.25) is 0 Å². The Morgan fingerprint density at radius 2 is 1.96 bits per heavy atom. The Bertz CT molecular complexity index is 814. The first-order valence-electron chi connectivity index (χ1n) is 8.45. The molecule has 0 amide bonds. The van der Waals surface area contributed by atoms with Crippen LogP contribution in [-0.2, 0) is 4.74 Å². The van der Waals surface area contributed by atoms with Gasteiger partial charge in [0.25, 0.3) is 0 Å². The molecule has 1 aliphatic rings. The van der Waals surface area contributed by atoms with Crippen LogP contribution in [0.4, 0.5) is 17.5 Å². The summed E-state index contributed by atoms with van der Waals surface area (Å²) < 4.78 is 5.37. The van der Waals surface area contributed by atoms with Gasteiger partial charge in [-0.1, -0.05) is 18.2 Å². The number of benzene rings is 1. The summed E-state index contributed by atoms with van der Waals surface area (Å²) in [4.78, 5) is 18.7. The van der Waals surface area contributed by atoms with E-state index in [0.717, 1.165) is 56.4 Å². The van der Waals surface area contributed by atoms with Crippen molar-refractivity contribution >= 4 is 28.6 Å². The number of rotatable bonds is 6. The monoisotopic (exact) mass is 339 g/mol. The summed E-state index contributed by atoms with van der Waals surface area (Å²) in [7, 11) is 0. The maximum absolute atomic E-state index is 5.37. The molecule has 2 aromatic heterocycles. The molecule has 0 bridgehead atoms. The SMILES string of the molecule is c1ccc(Nc2nc3ncnc(NCCN4CCOCC4)c3[nH]2)cc1. The van der Waals surface area contributed by atoms with Gasteiger partial charge in [0.15, 0.2) is 11.5 Å². The van der Waals surface area contributed by atoms with Gasteiger partial charge >= 0.3 is 0 Å². The normalized spacial score (nSPS) is 15.4. The van der Waals surface area contributed by atoms with E-state index in [1.54, 1.807) is 0 Å². The second kappa shape index (κ2) is 7.45. The second-order valence-electron chi connectivity index (χ2n) is 5.88. The number of morpholine rings is 1. The van der Waals surface area contributed by atoms with Gasteiger partial charge in [0, 0.05) is 31.9 Å². The van der Waals surface area contributed by atoms with Crippen molar-refractivity contribution in [2.75, 3.05) is 50.0 Å². The Kier molecular flexibility index (Phi) is 4.71. The lowest BCUT2D eigenvalue weighted by Gasteiger charge is -2.26. The second-order valence-corrected chi connectivity index (χ2v) is 5.88. The molecule has 1 aliphatic heterocycles. The number of H-pyrrole nitrogens is 1. The molecule has 0 atom stereocenters. The molecule has 0 spiro atoms. The minimum absolute atomic E-state index is 0.641. The van der Waals surface area contributed by atoms with Crippen LogP contribution in [0, 0.1) is 0 Å². The number of hydrogen-bond donors (Lipinski definition) is 3. The molecule has 1 fully saturated rings. The Labute approximate surface area is 145 Å². The maximum Gasteiger partial charge on any atom is 0.207 e. The summed E-state index contributed by atoms with van der Waals surface area (Å²) >= 11 is 0. The number of ether oxygens (including phenoxy) is 1. The zero-order chi connectivity index (χ0) is 16.9. The molecule has 1 aromatic carbocycles. The van der Waals surface area contributed by atoms with Crippen molar-refractivity contribution in [1.82, 2.24) is 24.8 Å². The molecule has 3 aromatic rings. The third-order valence-corrected chi connectivity index (χ3v) is 4.15. The van der Waals surface area contributed by atoms with Gasteiger partial charge in [0.2, 0.25) is 5.95 Å². The molecule has 130 valence electrons. The first kappa shape index (κ1) is 15.8. The van der Waals surface area contributed by atoms with Crippen LogP contribution < -0.4 is 10.6 Å². The lowest BCUT2D eigenvalue weighted by molar-refractivity contribution is 0.0398. The van der Waals surface area contributed by atoms with Crippen LogP contribution in [-0.4, -0.2) is 64.2 Å². The van der Waals surface area contributed by atoms with E-state index in [4.69, 9.17) is 4.74 Å². The lowest BCUT2D eigenvalue weighted by Crippen LogP contribution is -2.39. The molecular weight excluding hydrogens is 318 g/mol. The predicted octanol–water partition coefficient (Wildman–Crippen LogP) is 1.84. The zero-order valence-electron chi connectivity index (χ0n) is 13.9. The number of imidazole rings is 1. The fourth-order valence-electron chi connectivity index (χ4n) is 2.84. The van der Waals surface area contributed by atoms with Crippen molar-refractivity contribution in [3.05, 3.63) is 36.7 Å². The maximum atomic E-state index is 5.37. The molecule has 1 saturated heterocycles. The molecule has 3 N–H and O–H groups in total. The first-order valence-corrected chi connectivity index (χ1v) is 8.45. The van der Waals surface area contributed by atoms with Crippen LogP contribution >= 0.6 is 0 Å². The summed E-state index contributed by atoms with van der Waals surface area (Å²) in [5, 5.41) is 6.62. The molecule has 0 unspecified atom stereocenters. The number of aromatic amines is 1. The van der Waals surface area contributed by atoms with Crippen LogP contribution in [0.3, 0.4) is 0 Å². The van der Waals surface area contributed by atoms with Crippen LogP contribution in [0.25, 0.3) is 11.2 Å². The van der Waals surface area contributed by atoms with E-state index >= 15 is 0 Å². The van der Waals surface area contributed by atoms with Crippen molar-refractivity contribution in [1.29, 1.82) is 0 Å². The van der Waals surface area contributed by atoms with Gasteiger partial charge in [-0.3, -0.25) is 4.90 Å². The van der Waals surface area contributed by atoms with Gasteiger partial charge in [-0.2, -0.15) is 4.98 Å². The van der Waals surface area contributed by atoms with Gasteiger partial charge < -0.3 is 20.4 Å². The molecule has 4 rings (SSSR count). The van der Waals surface area contributed by atoms with E-state index in [-0.39, 0.29) is 0 Å². The smallest absolute Gasteiger partial charge is 0.207 e. The third-order valence-electron chi connectivity index (χ3n) is 4.15. The van der Waals surface area contributed by atoms with Crippen LogP contribution in [0.5, 0.6) is 0 Å². The highest BCUT2D eigenvalue weighted by Crippen LogP contribution is 2.20. The highest BCUT2D eigenvalue weighted by molar-refractivity contribution is 5.84. The van der Waals surface area contributed by atoms with Crippen molar-refractivity contribution < 1.29 is 4.74 Å². The number of hydrogen-bond acceptors (Lipinski definition) is 7. The Balaban J connectivity index is 1.44. The molecule has 0 aliphatic carbocycles. The average Bonchev–Trinajstić information content (AvgIpc) is 3.07. The molecule has 25 heavy (non-hydrogen) atoms. The van der Waals surface area contributed by atoms with Gasteiger partial charge in [0.05, 0.1) is 13.2 Å². The topological polar surface area (TPSA) is 91.0 Å². The number of anilines is 3. The van der Waals surface area contributed by atoms with Crippen LogP contribution in [0.15, 0.2) is 36.7 Å². The van der Waals surface area contributed by atoms with Gasteiger partial charge in [-0.05, 0) is 12.1 Å². The quantitative estimate of drug-likeness (QED) is 0.631. The van der Waals surface area contributed by atoms with Gasteiger partial charge in [-0.25, -0.2) is 9.97 Å². The average molecular weight is 339 g/mol. The Morgan fingerprint density at radius 3 is 2.80 bits per heavy atom. The summed E-state index contributed by atoms with van der Waals surface area (Å²) in [5.74, 6) is 1.42. The summed E-state index contributed by atoms with van der Waals surface area (Å²) in [6, 6.07) is 9.90. The van der Waals surface area contributed by atoms with Crippen molar-refractivity contribution in [2.45, 2.75) is 0 Å². The molecule has 0 saturated carbocycles.